The van der Waals surface area contributed by atoms with Gasteiger partial charge in [-0.05, 0) is 108 Å². The van der Waals surface area contributed by atoms with E-state index in [-0.39, 0.29) is 5.91 Å². The number of hydrogen-bond acceptors (Lipinski definition) is 5. The first-order valence-corrected chi connectivity index (χ1v) is 17.4. The highest BCUT2D eigenvalue weighted by Gasteiger charge is 2.46. The SMILES string of the molecule is CCOc1ccc2nc(-c3cccc(C(F)(F)F)c3)c(CN3CCC(N4CCCCC4)CC3)c(C(=O)NC3(c4ccccc4)CC3)c2c1. The van der Waals surface area contributed by atoms with Gasteiger partial charge in [0.05, 0.1) is 34.5 Å². The quantitative estimate of drug-likeness (QED) is 0.197. The van der Waals surface area contributed by atoms with Gasteiger partial charge in [0.25, 0.3) is 5.91 Å². The molecule has 252 valence electrons. The molecule has 48 heavy (non-hydrogen) atoms. The van der Waals surface area contributed by atoms with Crippen LogP contribution in [-0.4, -0.2) is 59.5 Å². The molecule has 4 aromatic rings. The van der Waals surface area contributed by atoms with E-state index in [0.29, 0.717) is 58.2 Å². The Kier molecular flexibility index (Phi) is 9.18. The highest BCUT2D eigenvalue weighted by atomic mass is 19.4. The van der Waals surface area contributed by atoms with Crippen LogP contribution in [0.2, 0.25) is 0 Å². The van der Waals surface area contributed by atoms with E-state index in [4.69, 9.17) is 9.72 Å². The number of nitrogens with one attached hydrogen (secondary N) is 1. The Morgan fingerprint density at radius 2 is 1.69 bits per heavy atom. The number of nitrogens with zero attached hydrogens (tertiary/aromatic N) is 3. The maximum atomic E-state index is 14.7. The molecule has 0 radical (unpaired) electrons. The number of fused-ring (bicyclic) bond motifs is 1. The molecule has 6 nitrogen and oxygen atoms in total. The minimum absolute atomic E-state index is 0.246. The Morgan fingerprint density at radius 1 is 0.938 bits per heavy atom. The molecule has 7 rings (SSSR count). The van der Waals surface area contributed by atoms with Crippen molar-refractivity contribution in [2.75, 3.05) is 32.8 Å². The van der Waals surface area contributed by atoms with Crippen molar-refractivity contribution >= 4 is 16.8 Å². The predicted octanol–water partition coefficient (Wildman–Crippen LogP) is 8.19. The van der Waals surface area contributed by atoms with Crippen LogP contribution in [0.1, 0.15) is 78.9 Å². The molecule has 1 aromatic heterocycles. The van der Waals surface area contributed by atoms with E-state index in [1.54, 1.807) is 18.2 Å². The lowest BCUT2D eigenvalue weighted by molar-refractivity contribution is -0.137. The molecule has 9 heteroatoms. The highest BCUT2D eigenvalue weighted by molar-refractivity contribution is 6.09. The average molecular weight is 657 g/mol. The number of rotatable bonds is 9. The maximum Gasteiger partial charge on any atom is 0.416 e. The summed E-state index contributed by atoms with van der Waals surface area (Å²) < 4.78 is 47.8. The van der Waals surface area contributed by atoms with Gasteiger partial charge >= 0.3 is 6.18 Å². The molecule has 0 unspecified atom stereocenters. The molecule has 3 fully saturated rings. The number of amides is 1. The number of carbonyl (C=O) groups is 1. The summed E-state index contributed by atoms with van der Waals surface area (Å²) in [6, 6.07) is 21.3. The summed E-state index contributed by atoms with van der Waals surface area (Å²) >= 11 is 0. The maximum absolute atomic E-state index is 14.7. The third kappa shape index (κ3) is 6.80. The Hall–Kier alpha value is -3.95. The fourth-order valence-electron chi connectivity index (χ4n) is 7.63. The van der Waals surface area contributed by atoms with Crippen molar-refractivity contribution in [3.63, 3.8) is 0 Å². The van der Waals surface area contributed by atoms with Crippen molar-refractivity contribution in [3.8, 4) is 17.0 Å². The van der Waals surface area contributed by atoms with Crippen LogP contribution in [0.3, 0.4) is 0 Å². The van der Waals surface area contributed by atoms with E-state index in [1.807, 2.05) is 43.3 Å². The lowest BCUT2D eigenvalue weighted by Gasteiger charge is -2.40. The topological polar surface area (TPSA) is 57.7 Å². The smallest absolute Gasteiger partial charge is 0.416 e. The minimum Gasteiger partial charge on any atom is -0.494 e. The van der Waals surface area contributed by atoms with Gasteiger partial charge < -0.3 is 15.0 Å². The number of benzene rings is 3. The van der Waals surface area contributed by atoms with Gasteiger partial charge in [-0.25, -0.2) is 4.98 Å². The molecule has 3 aliphatic rings. The van der Waals surface area contributed by atoms with Crippen molar-refractivity contribution in [2.45, 2.75) is 76.2 Å². The Labute approximate surface area is 280 Å². The van der Waals surface area contributed by atoms with Gasteiger partial charge in [-0.15, -0.1) is 0 Å². The predicted molar refractivity (Wildman–Crippen MR) is 182 cm³/mol. The molecular formula is C39H43F3N4O2. The number of aromatic nitrogens is 1. The normalized spacial score (nSPS) is 18.9. The summed E-state index contributed by atoms with van der Waals surface area (Å²) in [5.41, 5.74) is 2.21. The minimum atomic E-state index is -4.51. The number of likely N-dealkylation sites (tertiary alicyclic amines) is 2. The van der Waals surface area contributed by atoms with Crippen LogP contribution in [-0.2, 0) is 18.3 Å². The molecule has 0 atom stereocenters. The van der Waals surface area contributed by atoms with E-state index in [0.717, 1.165) is 69.6 Å². The van der Waals surface area contributed by atoms with Crippen LogP contribution in [0.5, 0.6) is 5.75 Å². The first kappa shape index (κ1) is 32.6. The summed E-state index contributed by atoms with van der Waals surface area (Å²) in [5.74, 6) is 0.369. The van der Waals surface area contributed by atoms with E-state index in [9.17, 15) is 18.0 Å². The molecule has 1 aliphatic carbocycles. The zero-order chi connectivity index (χ0) is 33.3. The number of piperidine rings is 2. The third-order valence-electron chi connectivity index (χ3n) is 10.3. The van der Waals surface area contributed by atoms with Crippen molar-refractivity contribution in [1.29, 1.82) is 0 Å². The monoisotopic (exact) mass is 656 g/mol. The van der Waals surface area contributed by atoms with Crippen LogP contribution in [0, 0.1) is 0 Å². The fourth-order valence-corrected chi connectivity index (χ4v) is 7.63. The number of ether oxygens (including phenoxy) is 1. The molecule has 1 saturated carbocycles. The van der Waals surface area contributed by atoms with E-state index in [2.05, 4.69) is 15.1 Å². The lowest BCUT2D eigenvalue weighted by Crippen LogP contribution is -2.46. The number of hydrogen-bond donors (Lipinski definition) is 1. The molecular weight excluding hydrogens is 613 g/mol. The van der Waals surface area contributed by atoms with Gasteiger partial charge in [-0.3, -0.25) is 9.69 Å². The Bertz CT molecular complexity index is 1760. The summed E-state index contributed by atoms with van der Waals surface area (Å²) in [4.78, 5) is 24.7. The van der Waals surface area contributed by atoms with E-state index >= 15 is 0 Å². The van der Waals surface area contributed by atoms with Gasteiger partial charge in [-0.1, -0.05) is 48.9 Å². The Morgan fingerprint density at radius 3 is 2.38 bits per heavy atom. The van der Waals surface area contributed by atoms with Crippen molar-refractivity contribution in [3.05, 3.63) is 95.1 Å². The summed E-state index contributed by atoms with van der Waals surface area (Å²) in [5, 5.41) is 4.01. The van der Waals surface area contributed by atoms with Gasteiger partial charge in [0.2, 0.25) is 0 Å². The van der Waals surface area contributed by atoms with Gasteiger partial charge in [0, 0.05) is 29.1 Å². The summed E-state index contributed by atoms with van der Waals surface area (Å²) in [7, 11) is 0. The molecule has 0 bridgehead atoms. The highest BCUT2D eigenvalue weighted by Crippen LogP contribution is 2.46. The van der Waals surface area contributed by atoms with E-state index < -0.39 is 17.3 Å². The number of halogens is 3. The largest absolute Gasteiger partial charge is 0.494 e. The molecule has 2 aliphatic heterocycles. The van der Waals surface area contributed by atoms with Crippen molar-refractivity contribution in [1.82, 2.24) is 20.1 Å². The second-order valence-corrected chi connectivity index (χ2v) is 13.5. The number of pyridine rings is 1. The standard InChI is InChI=1S/C39H43F3N4O2/c1-2-48-31-14-15-34-32(25-31)35(37(47)44-38(18-19-38)28-11-5-3-6-12-28)33(36(43-34)27-10-9-13-29(24-27)39(40,41)42)26-45-22-16-30(17-23-45)46-20-7-4-8-21-46/h3,5-6,9-15,24-25,30H,2,4,7-8,16-23,26H2,1H3,(H,44,47). The lowest BCUT2D eigenvalue weighted by atomic mass is 9.93. The average Bonchev–Trinajstić information content (AvgIpc) is 3.89. The van der Waals surface area contributed by atoms with E-state index in [1.165, 1.54) is 25.3 Å². The van der Waals surface area contributed by atoms with Crippen molar-refractivity contribution in [2.24, 2.45) is 0 Å². The second kappa shape index (κ2) is 13.5. The van der Waals surface area contributed by atoms with Crippen LogP contribution in [0.4, 0.5) is 13.2 Å². The first-order valence-electron chi connectivity index (χ1n) is 17.4. The molecule has 0 spiro atoms. The molecule has 1 N–H and O–H groups in total. The van der Waals surface area contributed by atoms with Gasteiger partial charge in [-0.2, -0.15) is 13.2 Å². The summed E-state index contributed by atoms with van der Waals surface area (Å²) in [6.45, 7) is 6.75. The molecule has 3 aromatic carbocycles. The Balaban J connectivity index is 1.33. The number of carbonyl (C=O) groups excluding carboxylic acids is 1. The number of alkyl halides is 3. The summed E-state index contributed by atoms with van der Waals surface area (Å²) in [6.07, 6.45) is 2.95. The first-order chi connectivity index (χ1) is 23.2. The second-order valence-electron chi connectivity index (χ2n) is 13.5. The molecule has 1 amide bonds. The molecule has 2 saturated heterocycles. The third-order valence-corrected chi connectivity index (χ3v) is 10.3. The van der Waals surface area contributed by atoms with Gasteiger partial charge in [0.15, 0.2) is 0 Å². The van der Waals surface area contributed by atoms with Gasteiger partial charge in [0.1, 0.15) is 5.75 Å². The van der Waals surface area contributed by atoms with Crippen molar-refractivity contribution < 1.29 is 22.7 Å². The fraction of sp³-hybridized carbons (Fsp3) is 0.436. The zero-order valence-corrected chi connectivity index (χ0v) is 27.5. The molecule has 3 heterocycles. The van der Waals surface area contributed by atoms with Crippen LogP contribution < -0.4 is 10.1 Å². The van der Waals surface area contributed by atoms with Crippen LogP contribution in [0.25, 0.3) is 22.2 Å². The zero-order valence-electron chi connectivity index (χ0n) is 27.5. The van der Waals surface area contributed by atoms with Crippen LogP contribution in [0.15, 0.2) is 72.8 Å². The van der Waals surface area contributed by atoms with Crippen LogP contribution >= 0.6 is 0 Å².